The molecule has 18 heavy (non-hydrogen) atoms. The molecule has 0 spiro atoms. The van der Waals surface area contributed by atoms with E-state index in [1.165, 1.54) is 0 Å². The van der Waals surface area contributed by atoms with Gasteiger partial charge in [0.25, 0.3) is 0 Å². The van der Waals surface area contributed by atoms with Crippen LogP contribution in [0.15, 0.2) is 28.7 Å². The standard InChI is InChI=1S/C12H10BrCl2N3/c1-6-2-7(13)4-8(3-6)17-12-10(15)5-9(14)11(16)18-12/h2-5H,1H3,(H3,16,17,18). The van der Waals surface area contributed by atoms with E-state index in [9.17, 15) is 0 Å². The van der Waals surface area contributed by atoms with Gasteiger partial charge in [-0.3, -0.25) is 0 Å². The van der Waals surface area contributed by atoms with E-state index >= 15 is 0 Å². The summed E-state index contributed by atoms with van der Waals surface area (Å²) in [5.74, 6) is 0.728. The first-order valence-electron chi connectivity index (χ1n) is 5.11. The van der Waals surface area contributed by atoms with E-state index in [4.69, 9.17) is 28.9 Å². The number of benzene rings is 1. The fourth-order valence-corrected chi connectivity index (χ4v) is 2.53. The summed E-state index contributed by atoms with van der Waals surface area (Å²) in [4.78, 5) is 4.11. The number of hydrogen-bond donors (Lipinski definition) is 2. The van der Waals surface area contributed by atoms with Crippen molar-refractivity contribution in [2.75, 3.05) is 11.1 Å². The Kier molecular flexibility index (Phi) is 4.00. The van der Waals surface area contributed by atoms with Gasteiger partial charge in [0.2, 0.25) is 0 Å². The average Bonchev–Trinajstić information content (AvgIpc) is 2.24. The van der Waals surface area contributed by atoms with Crippen molar-refractivity contribution >= 4 is 56.5 Å². The maximum atomic E-state index is 6.05. The van der Waals surface area contributed by atoms with Crippen molar-refractivity contribution in [2.45, 2.75) is 6.92 Å². The van der Waals surface area contributed by atoms with E-state index in [0.717, 1.165) is 15.7 Å². The summed E-state index contributed by atoms with van der Waals surface area (Å²) >= 11 is 15.3. The van der Waals surface area contributed by atoms with Crippen molar-refractivity contribution in [2.24, 2.45) is 0 Å². The van der Waals surface area contributed by atoms with Gasteiger partial charge in [0.1, 0.15) is 5.82 Å². The van der Waals surface area contributed by atoms with Crippen LogP contribution < -0.4 is 11.1 Å². The van der Waals surface area contributed by atoms with Gasteiger partial charge in [-0.25, -0.2) is 4.98 Å². The van der Waals surface area contributed by atoms with Crippen molar-refractivity contribution in [3.05, 3.63) is 44.3 Å². The molecule has 0 aliphatic rings. The molecule has 2 aromatic rings. The molecule has 0 atom stereocenters. The molecule has 0 unspecified atom stereocenters. The number of nitrogen functional groups attached to an aromatic ring is 1. The third-order valence-electron chi connectivity index (χ3n) is 2.26. The van der Waals surface area contributed by atoms with Crippen LogP contribution in [0.4, 0.5) is 17.3 Å². The topological polar surface area (TPSA) is 50.9 Å². The Hall–Kier alpha value is -0.970. The molecule has 1 heterocycles. The summed E-state index contributed by atoms with van der Waals surface area (Å²) in [6.07, 6.45) is 0. The van der Waals surface area contributed by atoms with Crippen LogP contribution in [-0.2, 0) is 0 Å². The number of halogens is 3. The van der Waals surface area contributed by atoms with Crippen LogP contribution in [0.5, 0.6) is 0 Å². The summed E-state index contributed by atoms with van der Waals surface area (Å²) in [5, 5.41) is 3.88. The lowest BCUT2D eigenvalue weighted by molar-refractivity contribution is 1.31. The molecule has 0 aliphatic heterocycles. The molecule has 0 amide bonds. The lowest BCUT2D eigenvalue weighted by Gasteiger charge is -2.10. The van der Waals surface area contributed by atoms with E-state index in [1.54, 1.807) is 6.07 Å². The third-order valence-corrected chi connectivity index (χ3v) is 3.31. The molecule has 1 aromatic heterocycles. The second kappa shape index (κ2) is 5.34. The Morgan fingerprint density at radius 3 is 2.56 bits per heavy atom. The molecule has 0 saturated carbocycles. The largest absolute Gasteiger partial charge is 0.382 e. The number of hydrogen-bond acceptors (Lipinski definition) is 3. The van der Waals surface area contributed by atoms with Gasteiger partial charge in [-0.05, 0) is 36.8 Å². The number of anilines is 3. The molecule has 94 valence electrons. The molecular weight excluding hydrogens is 337 g/mol. The number of nitrogens with one attached hydrogen (secondary N) is 1. The van der Waals surface area contributed by atoms with Crippen LogP contribution >= 0.6 is 39.1 Å². The zero-order valence-electron chi connectivity index (χ0n) is 9.47. The SMILES string of the molecule is Cc1cc(Br)cc(Nc2nc(N)c(Cl)cc2Cl)c1. The Morgan fingerprint density at radius 1 is 1.17 bits per heavy atom. The zero-order valence-corrected chi connectivity index (χ0v) is 12.6. The quantitative estimate of drug-likeness (QED) is 0.822. The number of rotatable bonds is 2. The van der Waals surface area contributed by atoms with E-state index in [1.807, 2.05) is 25.1 Å². The number of aromatic nitrogens is 1. The van der Waals surface area contributed by atoms with Gasteiger partial charge in [-0.15, -0.1) is 0 Å². The average molecular weight is 347 g/mol. The highest BCUT2D eigenvalue weighted by Crippen LogP contribution is 2.30. The Balaban J connectivity index is 2.36. The number of pyridine rings is 1. The van der Waals surface area contributed by atoms with E-state index < -0.39 is 0 Å². The van der Waals surface area contributed by atoms with Crippen molar-refractivity contribution in [1.29, 1.82) is 0 Å². The van der Waals surface area contributed by atoms with E-state index in [-0.39, 0.29) is 5.82 Å². The van der Waals surface area contributed by atoms with Crippen LogP contribution in [0.1, 0.15) is 5.56 Å². The molecule has 0 saturated heterocycles. The Labute approximate surface area is 123 Å². The summed E-state index contributed by atoms with van der Waals surface area (Å²) < 4.78 is 0.975. The predicted molar refractivity (Wildman–Crippen MR) is 80.8 cm³/mol. The van der Waals surface area contributed by atoms with Gasteiger partial charge in [0, 0.05) is 10.2 Å². The normalized spacial score (nSPS) is 10.4. The maximum Gasteiger partial charge on any atom is 0.151 e. The highest BCUT2D eigenvalue weighted by molar-refractivity contribution is 9.10. The smallest absolute Gasteiger partial charge is 0.151 e. The van der Waals surface area contributed by atoms with Gasteiger partial charge in [-0.1, -0.05) is 39.1 Å². The number of aryl methyl sites for hydroxylation is 1. The molecule has 0 bridgehead atoms. The predicted octanol–water partition coefficient (Wildman–Crippen LogP) is 4.79. The summed E-state index contributed by atoms with van der Waals surface area (Å²) in [6, 6.07) is 7.48. The van der Waals surface area contributed by atoms with Crippen LogP contribution in [0.2, 0.25) is 10.0 Å². The molecule has 0 aliphatic carbocycles. The van der Waals surface area contributed by atoms with Crippen molar-refractivity contribution in [1.82, 2.24) is 4.98 Å². The van der Waals surface area contributed by atoms with Gasteiger partial charge in [0.05, 0.1) is 10.0 Å². The molecule has 1 aromatic carbocycles. The molecule has 0 radical (unpaired) electrons. The van der Waals surface area contributed by atoms with Gasteiger partial charge < -0.3 is 11.1 Å². The highest BCUT2D eigenvalue weighted by atomic mass is 79.9. The number of nitrogens with zero attached hydrogens (tertiary/aromatic N) is 1. The first-order valence-corrected chi connectivity index (χ1v) is 6.66. The van der Waals surface area contributed by atoms with Gasteiger partial charge in [-0.2, -0.15) is 0 Å². The third kappa shape index (κ3) is 3.07. The van der Waals surface area contributed by atoms with Crippen LogP contribution in [0.3, 0.4) is 0 Å². The molecule has 2 rings (SSSR count). The van der Waals surface area contributed by atoms with Crippen LogP contribution in [0, 0.1) is 6.92 Å². The maximum absolute atomic E-state index is 6.05. The minimum absolute atomic E-state index is 0.246. The molecule has 3 N–H and O–H groups in total. The first-order chi connectivity index (χ1) is 8.45. The van der Waals surface area contributed by atoms with Crippen molar-refractivity contribution in [3.63, 3.8) is 0 Å². The fraction of sp³-hybridized carbons (Fsp3) is 0.0833. The van der Waals surface area contributed by atoms with E-state index in [2.05, 4.69) is 26.2 Å². The fourth-order valence-electron chi connectivity index (χ4n) is 1.51. The second-order valence-electron chi connectivity index (χ2n) is 3.83. The first kappa shape index (κ1) is 13.5. The minimum atomic E-state index is 0.246. The minimum Gasteiger partial charge on any atom is -0.382 e. The monoisotopic (exact) mass is 345 g/mol. The highest BCUT2D eigenvalue weighted by Gasteiger charge is 2.07. The lowest BCUT2D eigenvalue weighted by Crippen LogP contribution is -1.99. The molecular formula is C12H10BrCl2N3. The van der Waals surface area contributed by atoms with Crippen LogP contribution in [0.25, 0.3) is 0 Å². The summed E-state index contributed by atoms with van der Waals surface area (Å²) in [6.45, 7) is 2.00. The second-order valence-corrected chi connectivity index (χ2v) is 5.56. The molecule has 6 heteroatoms. The summed E-state index contributed by atoms with van der Waals surface area (Å²) in [7, 11) is 0. The number of nitrogens with two attached hydrogens (primary N) is 1. The van der Waals surface area contributed by atoms with Crippen molar-refractivity contribution < 1.29 is 0 Å². The van der Waals surface area contributed by atoms with E-state index in [0.29, 0.717) is 15.9 Å². The van der Waals surface area contributed by atoms with Crippen LogP contribution in [-0.4, -0.2) is 4.98 Å². The van der Waals surface area contributed by atoms with Gasteiger partial charge >= 0.3 is 0 Å². The zero-order chi connectivity index (χ0) is 13.3. The van der Waals surface area contributed by atoms with Gasteiger partial charge in [0.15, 0.2) is 5.82 Å². The Morgan fingerprint density at radius 2 is 1.89 bits per heavy atom. The van der Waals surface area contributed by atoms with Crippen molar-refractivity contribution in [3.8, 4) is 0 Å². The molecule has 3 nitrogen and oxygen atoms in total. The molecule has 0 fully saturated rings. The lowest BCUT2D eigenvalue weighted by atomic mass is 10.2. The Bertz CT molecular complexity index is 582. The summed E-state index contributed by atoms with van der Waals surface area (Å²) in [5.41, 5.74) is 7.64.